The summed E-state index contributed by atoms with van der Waals surface area (Å²) >= 11 is 0. The summed E-state index contributed by atoms with van der Waals surface area (Å²) in [7, 11) is 0. The van der Waals surface area contributed by atoms with Crippen LogP contribution in [0.2, 0.25) is 0 Å². The van der Waals surface area contributed by atoms with Crippen molar-refractivity contribution in [1.82, 2.24) is 0 Å². The van der Waals surface area contributed by atoms with E-state index in [-0.39, 0.29) is 18.0 Å². The van der Waals surface area contributed by atoms with Gasteiger partial charge in [-0.25, -0.2) is 0 Å². The van der Waals surface area contributed by atoms with Gasteiger partial charge in [-0.05, 0) is 6.07 Å². The van der Waals surface area contributed by atoms with Gasteiger partial charge in [-0.2, -0.15) is 13.2 Å². The van der Waals surface area contributed by atoms with Crippen LogP contribution in [-0.4, -0.2) is 17.7 Å². The molecule has 0 radical (unpaired) electrons. The molecule has 1 rings (SSSR count). The van der Waals surface area contributed by atoms with Crippen LogP contribution in [0.1, 0.15) is 12.0 Å². The highest BCUT2D eigenvalue weighted by molar-refractivity contribution is 5.43. The zero-order chi connectivity index (χ0) is 13.8. The Kier molecular flexibility index (Phi) is 4.49. The molecule has 0 spiro atoms. The highest BCUT2D eigenvalue weighted by atomic mass is 19.4. The zero-order valence-corrected chi connectivity index (χ0v) is 9.24. The van der Waals surface area contributed by atoms with Crippen molar-refractivity contribution < 1.29 is 22.8 Å². The molecule has 18 heavy (non-hydrogen) atoms. The molecule has 0 unspecified atom stereocenters. The molecule has 5 nitrogen and oxygen atoms in total. The first kappa shape index (κ1) is 14.2. The number of nitro benzene ring substituents is 1. The molecule has 0 aliphatic heterocycles. The van der Waals surface area contributed by atoms with E-state index in [1.807, 2.05) is 0 Å². The topological polar surface area (TPSA) is 78.4 Å². The largest absolute Gasteiger partial charge is 0.493 e. The summed E-state index contributed by atoms with van der Waals surface area (Å²) in [5, 5.41) is 10.5. The minimum Gasteiger partial charge on any atom is -0.493 e. The predicted octanol–water partition coefficient (Wildman–Crippen LogP) is 2.38. The molecule has 8 heteroatoms. The molecule has 0 aliphatic rings. The van der Waals surface area contributed by atoms with Gasteiger partial charge in [-0.15, -0.1) is 0 Å². The lowest BCUT2D eigenvalue weighted by Gasteiger charge is -2.11. The number of nitrogens with zero attached hydrogens (tertiary/aromatic N) is 1. The van der Waals surface area contributed by atoms with Gasteiger partial charge in [0.1, 0.15) is 5.75 Å². The van der Waals surface area contributed by atoms with Crippen LogP contribution < -0.4 is 10.5 Å². The molecule has 0 heterocycles. The second-order valence-corrected chi connectivity index (χ2v) is 3.47. The van der Waals surface area contributed by atoms with Gasteiger partial charge < -0.3 is 10.5 Å². The van der Waals surface area contributed by atoms with E-state index < -0.39 is 24.1 Å². The SMILES string of the molecule is NCc1cc([N+](=O)[O-])ccc1OCCC(F)(F)F. The summed E-state index contributed by atoms with van der Waals surface area (Å²) in [4.78, 5) is 9.89. The molecule has 100 valence electrons. The number of halogens is 3. The Morgan fingerprint density at radius 3 is 2.56 bits per heavy atom. The second kappa shape index (κ2) is 5.67. The van der Waals surface area contributed by atoms with Crippen molar-refractivity contribution >= 4 is 5.69 Å². The maximum Gasteiger partial charge on any atom is 0.392 e. The minimum absolute atomic E-state index is 0.0525. The van der Waals surface area contributed by atoms with Crippen molar-refractivity contribution in [2.24, 2.45) is 5.73 Å². The molecule has 0 atom stereocenters. The van der Waals surface area contributed by atoms with Gasteiger partial charge in [-0.1, -0.05) is 0 Å². The number of ether oxygens (including phenoxy) is 1. The summed E-state index contributed by atoms with van der Waals surface area (Å²) < 4.78 is 40.7. The number of nitrogens with two attached hydrogens (primary N) is 1. The standard InChI is InChI=1S/C10H11F3N2O3/c11-10(12,13)3-4-18-9-2-1-8(15(16)17)5-7(9)6-14/h1-2,5H,3-4,6,14H2. The lowest BCUT2D eigenvalue weighted by molar-refractivity contribution is -0.384. The van der Waals surface area contributed by atoms with Crippen molar-refractivity contribution in [1.29, 1.82) is 0 Å². The third-order valence-electron chi connectivity index (χ3n) is 2.12. The number of alkyl halides is 3. The highest BCUT2D eigenvalue weighted by Crippen LogP contribution is 2.25. The molecular formula is C10H11F3N2O3. The van der Waals surface area contributed by atoms with E-state index >= 15 is 0 Å². The summed E-state index contributed by atoms with van der Waals surface area (Å²) in [5.41, 5.74) is 5.47. The van der Waals surface area contributed by atoms with E-state index in [4.69, 9.17) is 10.5 Å². The Bertz CT molecular complexity index is 435. The van der Waals surface area contributed by atoms with Crippen LogP contribution in [-0.2, 0) is 6.54 Å². The van der Waals surface area contributed by atoms with Crippen LogP contribution in [0.5, 0.6) is 5.75 Å². The fraction of sp³-hybridized carbons (Fsp3) is 0.400. The summed E-state index contributed by atoms with van der Waals surface area (Å²) in [6.07, 6.45) is -5.39. The van der Waals surface area contributed by atoms with Gasteiger partial charge in [0, 0.05) is 24.2 Å². The molecule has 1 aromatic rings. The summed E-state index contributed by atoms with van der Waals surface area (Å²) in [6, 6.07) is 3.59. The quantitative estimate of drug-likeness (QED) is 0.654. The maximum atomic E-state index is 11.9. The molecule has 0 saturated carbocycles. The van der Waals surface area contributed by atoms with Gasteiger partial charge in [0.25, 0.3) is 5.69 Å². The Morgan fingerprint density at radius 1 is 1.39 bits per heavy atom. The van der Waals surface area contributed by atoms with Crippen LogP contribution in [0.15, 0.2) is 18.2 Å². The molecule has 0 fully saturated rings. The fourth-order valence-electron chi connectivity index (χ4n) is 1.26. The molecule has 1 aromatic carbocycles. The van der Waals surface area contributed by atoms with Gasteiger partial charge >= 0.3 is 6.18 Å². The molecule has 0 aromatic heterocycles. The van der Waals surface area contributed by atoms with Crippen molar-refractivity contribution in [2.75, 3.05) is 6.61 Å². The Balaban J connectivity index is 2.74. The monoisotopic (exact) mass is 264 g/mol. The van der Waals surface area contributed by atoms with Crippen LogP contribution in [0.4, 0.5) is 18.9 Å². The normalized spacial score (nSPS) is 11.3. The third-order valence-corrected chi connectivity index (χ3v) is 2.12. The number of hydrogen-bond acceptors (Lipinski definition) is 4. The van der Waals surface area contributed by atoms with Gasteiger partial charge in [-0.3, -0.25) is 10.1 Å². The Morgan fingerprint density at radius 2 is 2.06 bits per heavy atom. The van der Waals surface area contributed by atoms with Gasteiger partial charge in [0.2, 0.25) is 0 Å². The Labute approximate surface area is 100 Å². The first-order chi connectivity index (χ1) is 8.33. The summed E-state index contributed by atoms with van der Waals surface area (Å²) in [6.45, 7) is -0.600. The number of rotatable bonds is 5. The van der Waals surface area contributed by atoms with Crippen LogP contribution >= 0.6 is 0 Å². The number of benzene rings is 1. The lowest BCUT2D eigenvalue weighted by Crippen LogP contribution is -2.14. The molecular weight excluding hydrogens is 253 g/mol. The summed E-state index contributed by atoms with van der Waals surface area (Å²) in [5.74, 6) is 0.132. The van der Waals surface area contributed by atoms with Gasteiger partial charge in [0.05, 0.1) is 18.0 Å². The third kappa shape index (κ3) is 4.21. The zero-order valence-electron chi connectivity index (χ0n) is 9.24. The second-order valence-electron chi connectivity index (χ2n) is 3.47. The van der Waals surface area contributed by atoms with E-state index in [1.165, 1.54) is 12.1 Å². The van der Waals surface area contributed by atoms with E-state index in [0.29, 0.717) is 5.56 Å². The van der Waals surface area contributed by atoms with Crippen LogP contribution in [0, 0.1) is 10.1 Å². The van der Waals surface area contributed by atoms with Crippen molar-refractivity contribution in [2.45, 2.75) is 19.1 Å². The molecule has 0 amide bonds. The number of nitro groups is 1. The van der Waals surface area contributed by atoms with E-state index in [0.717, 1.165) is 6.07 Å². The van der Waals surface area contributed by atoms with Crippen LogP contribution in [0.25, 0.3) is 0 Å². The minimum atomic E-state index is -4.30. The van der Waals surface area contributed by atoms with Gasteiger partial charge in [0.15, 0.2) is 0 Å². The van der Waals surface area contributed by atoms with Crippen molar-refractivity contribution in [3.05, 3.63) is 33.9 Å². The smallest absolute Gasteiger partial charge is 0.392 e. The van der Waals surface area contributed by atoms with E-state index in [2.05, 4.69) is 0 Å². The van der Waals surface area contributed by atoms with Crippen molar-refractivity contribution in [3.63, 3.8) is 0 Å². The van der Waals surface area contributed by atoms with Crippen molar-refractivity contribution in [3.8, 4) is 5.75 Å². The fourth-order valence-corrected chi connectivity index (χ4v) is 1.26. The number of hydrogen-bond donors (Lipinski definition) is 1. The first-order valence-electron chi connectivity index (χ1n) is 5.00. The average molecular weight is 264 g/mol. The van der Waals surface area contributed by atoms with E-state index in [1.54, 1.807) is 0 Å². The molecule has 0 aliphatic carbocycles. The number of non-ortho nitro benzene ring substituents is 1. The molecule has 0 bridgehead atoms. The van der Waals surface area contributed by atoms with Crippen LogP contribution in [0.3, 0.4) is 0 Å². The maximum absolute atomic E-state index is 11.9. The predicted molar refractivity (Wildman–Crippen MR) is 57.2 cm³/mol. The average Bonchev–Trinajstić information content (AvgIpc) is 2.27. The Hall–Kier alpha value is -1.83. The molecule has 0 saturated heterocycles. The molecule has 2 N–H and O–H groups in total. The lowest BCUT2D eigenvalue weighted by atomic mass is 10.2. The first-order valence-corrected chi connectivity index (χ1v) is 5.00. The highest BCUT2D eigenvalue weighted by Gasteiger charge is 2.27. The van der Waals surface area contributed by atoms with E-state index in [9.17, 15) is 23.3 Å².